The van der Waals surface area contributed by atoms with Crippen LogP contribution >= 0.6 is 0 Å². The number of aromatic nitrogens is 2. The Bertz CT molecular complexity index is 1610. The molecule has 0 bridgehead atoms. The van der Waals surface area contributed by atoms with Gasteiger partial charge in [-0.25, -0.2) is 9.37 Å². The van der Waals surface area contributed by atoms with E-state index in [-0.39, 0.29) is 42.6 Å². The van der Waals surface area contributed by atoms with E-state index in [1.54, 1.807) is 21.4 Å². The van der Waals surface area contributed by atoms with Crippen LogP contribution < -0.4 is 10.2 Å². The number of piperazine rings is 1. The molecule has 4 aliphatic rings. The molecule has 6 heterocycles. The molecule has 1 spiro atoms. The third-order valence-electron chi connectivity index (χ3n) is 10.4. The van der Waals surface area contributed by atoms with Gasteiger partial charge in [0.15, 0.2) is 5.69 Å². The summed E-state index contributed by atoms with van der Waals surface area (Å²) in [5, 5.41) is 3.58. The van der Waals surface area contributed by atoms with Crippen molar-refractivity contribution in [3.05, 3.63) is 64.9 Å². The number of ether oxygens (including phenoxy) is 2. The first-order valence-electron chi connectivity index (χ1n) is 16.6. The molecule has 254 valence electrons. The van der Waals surface area contributed by atoms with Gasteiger partial charge in [-0.3, -0.25) is 14.6 Å². The second-order valence-electron chi connectivity index (χ2n) is 13.7. The van der Waals surface area contributed by atoms with E-state index in [4.69, 9.17) is 9.47 Å². The standard InChI is InChI=1S/C34H42F4N6O3/c1-22-16-42(27(15-39-22)17-41-9-12-47-20-23(41)2)19-30(45)44-21-33(7-10-46-11-8-33)31-28(44)14-25(13-24-3-5-26(35)6-4-24)32-40-29(18-43(31)32)34(36,37)38/h3-6,14,18,22-23,27,39H,7-13,15-17,19-21H2,1-2H3/t22-,23-,27-/m1/s1. The normalized spacial score (nSPS) is 25.5. The number of benzene rings is 1. The number of carbonyl (C=O) groups excluding carboxylic acids is 1. The number of halogens is 4. The van der Waals surface area contributed by atoms with Crippen LogP contribution in [-0.4, -0.2) is 109 Å². The largest absolute Gasteiger partial charge is 0.434 e. The lowest BCUT2D eigenvalue weighted by Crippen LogP contribution is -2.62. The zero-order valence-electron chi connectivity index (χ0n) is 26.9. The second kappa shape index (κ2) is 12.7. The Morgan fingerprint density at radius 3 is 2.57 bits per heavy atom. The number of pyridine rings is 1. The molecule has 13 heteroatoms. The monoisotopic (exact) mass is 658 g/mol. The number of amides is 1. The van der Waals surface area contributed by atoms with Gasteiger partial charge in [0.25, 0.3) is 0 Å². The summed E-state index contributed by atoms with van der Waals surface area (Å²) in [4.78, 5) is 25.0. The number of nitrogens with zero attached hydrogens (tertiary/aromatic N) is 5. The van der Waals surface area contributed by atoms with Crippen molar-refractivity contribution in [1.82, 2.24) is 24.5 Å². The van der Waals surface area contributed by atoms with Gasteiger partial charge >= 0.3 is 6.18 Å². The SMILES string of the molecule is C[C@@H]1CN(CC(=O)N2CC3(CCOCC3)c3c2cc(Cc2ccc(F)cc2)c2nc(C(F)(F)F)cn32)[C@@H](CN2CCOC[C@H]2C)CN1. The van der Waals surface area contributed by atoms with Crippen molar-refractivity contribution in [1.29, 1.82) is 0 Å². The number of hydrogen-bond acceptors (Lipinski definition) is 7. The predicted octanol–water partition coefficient (Wildman–Crippen LogP) is 3.86. The number of anilines is 1. The van der Waals surface area contributed by atoms with E-state index >= 15 is 0 Å². The third-order valence-corrected chi connectivity index (χ3v) is 10.4. The van der Waals surface area contributed by atoms with Crippen LogP contribution in [-0.2, 0) is 32.3 Å². The maximum absolute atomic E-state index is 14.5. The fourth-order valence-electron chi connectivity index (χ4n) is 7.83. The summed E-state index contributed by atoms with van der Waals surface area (Å²) in [6, 6.07) is 8.38. The Hall–Kier alpha value is -3.10. The van der Waals surface area contributed by atoms with Crippen LogP contribution in [0.25, 0.3) is 5.65 Å². The van der Waals surface area contributed by atoms with E-state index in [2.05, 4.69) is 33.9 Å². The first kappa shape index (κ1) is 32.4. The predicted molar refractivity (Wildman–Crippen MR) is 168 cm³/mol. The number of hydrogen-bond donors (Lipinski definition) is 1. The van der Waals surface area contributed by atoms with Gasteiger partial charge in [-0.1, -0.05) is 12.1 Å². The lowest BCUT2D eigenvalue weighted by Gasteiger charge is -2.43. The van der Waals surface area contributed by atoms with E-state index in [0.717, 1.165) is 31.4 Å². The summed E-state index contributed by atoms with van der Waals surface area (Å²) in [6.07, 6.45) is -2.17. The van der Waals surface area contributed by atoms with Gasteiger partial charge in [0.05, 0.1) is 31.1 Å². The molecule has 0 aliphatic carbocycles. The number of carbonyl (C=O) groups is 1. The van der Waals surface area contributed by atoms with E-state index in [0.29, 0.717) is 69.3 Å². The van der Waals surface area contributed by atoms with Crippen molar-refractivity contribution in [2.24, 2.45) is 0 Å². The van der Waals surface area contributed by atoms with Crippen molar-refractivity contribution in [3.63, 3.8) is 0 Å². The average molecular weight is 659 g/mol. The molecule has 3 atom stereocenters. The Kier molecular flexibility index (Phi) is 8.79. The van der Waals surface area contributed by atoms with Crippen LogP contribution in [0.3, 0.4) is 0 Å². The zero-order valence-corrected chi connectivity index (χ0v) is 26.9. The van der Waals surface area contributed by atoms with Crippen molar-refractivity contribution >= 4 is 17.2 Å². The number of alkyl halides is 3. The van der Waals surface area contributed by atoms with Gasteiger partial charge in [0, 0.05) is 87.7 Å². The Labute approximate surface area is 271 Å². The van der Waals surface area contributed by atoms with E-state index in [9.17, 15) is 22.4 Å². The molecule has 2 aromatic heterocycles. The summed E-state index contributed by atoms with van der Waals surface area (Å²) in [5.74, 6) is -0.471. The second-order valence-corrected chi connectivity index (χ2v) is 13.7. The van der Waals surface area contributed by atoms with Crippen molar-refractivity contribution in [3.8, 4) is 0 Å². The average Bonchev–Trinajstić information content (AvgIpc) is 3.62. The first-order chi connectivity index (χ1) is 22.5. The maximum atomic E-state index is 14.5. The van der Waals surface area contributed by atoms with Crippen LogP contribution in [0.4, 0.5) is 23.2 Å². The highest BCUT2D eigenvalue weighted by Gasteiger charge is 2.49. The Balaban J connectivity index is 1.27. The van der Waals surface area contributed by atoms with Crippen molar-refractivity contribution in [2.45, 2.75) is 62.8 Å². The molecule has 1 amide bonds. The number of fused-ring (bicyclic) bond motifs is 4. The molecule has 3 aromatic rings. The highest BCUT2D eigenvalue weighted by atomic mass is 19.4. The van der Waals surface area contributed by atoms with E-state index in [1.807, 2.05) is 6.07 Å². The zero-order chi connectivity index (χ0) is 32.9. The fourth-order valence-corrected chi connectivity index (χ4v) is 7.83. The van der Waals surface area contributed by atoms with Crippen LogP contribution in [0.15, 0.2) is 36.5 Å². The van der Waals surface area contributed by atoms with Crippen LogP contribution in [0.2, 0.25) is 0 Å². The Morgan fingerprint density at radius 1 is 1.09 bits per heavy atom. The van der Waals surface area contributed by atoms with Crippen LogP contribution in [0.5, 0.6) is 0 Å². The molecule has 47 heavy (non-hydrogen) atoms. The maximum Gasteiger partial charge on any atom is 0.434 e. The molecule has 3 fully saturated rings. The van der Waals surface area contributed by atoms with Gasteiger partial charge < -0.3 is 24.1 Å². The highest BCUT2D eigenvalue weighted by Crippen LogP contribution is 2.48. The fraction of sp³-hybridized carbons (Fsp3) is 0.588. The van der Waals surface area contributed by atoms with Crippen LogP contribution in [0, 0.1) is 5.82 Å². The molecule has 1 N–H and O–H groups in total. The molecule has 1 aromatic carbocycles. The lowest BCUT2D eigenvalue weighted by molar-refractivity contribution is -0.140. The molecule has 3 saturated heterocycles. The number of rotatable bonds is 6. The van der Waals surface area contributed by atoms with Crippen molar-refractivity contribution in [2.75, 3.05) is 70.6 Å². The summed E-state index contributed by atoms with van der Waals surface area (Å²) >= 11 is 0. The van der Waals surface area contributed by atoms with Gasteiger partial charge in [-0.2, -0.15) is 13.2 Å². The van der Waals surface area contributed by atoms with Gasteiger partial charge in [0.1, 0.15) is 11.5 Å². The molecule has 0 radical (unpaired) electrons. The molecule has 7 rings (SSSR count). The quantitative estimate of drug-likeness (QED) is 0.404. The Morgan fingerprint density at radius 2 is 1.85 bits per heavy atom. The minimum atomic E-state index is -4.64. The number of morpholine rings is 1. The number of nitrogens with one attached hydrogen (secondary N) is 1. The molecular formula is C34H42F4N6O3. The molecule has 4 aliphatic heterocycles. The minimum absolute atomic E-state index is 0.0769. The van der Waals surface area contributed by atoms with Gasteiger partial charge in [-0.05, 0) is 50.5 Å². The molecule has 0 unspecified atom stereocenters. The highest BCUT2D eigenvalue weighted by molar-refractivity contribution is 5.98. The molecule has 0 saturated carbocycles. The van der Waals surface area contributed by atoms with E-state index in [1.165, 1.54) is 12.1 Å². The van der Waals surface area contributed by atoms with Crippen LogP contribution in [0.1, 0.15) is 49.2 Å². The summed E-state index contributed by atoms with van der Waals surface area (Å²) in [5.41, 5.74) is 1.24. The summed E-state index contributed by atoms with van der Waals surface area (Å²) in [6.45, 7) is 10.2. The van der Waals surface area contributed by atoms with Crippen molar-refractivity contribution < 1.29 is 31.8 Å². The molecular weight excluding hydrogens is 616 g/mol. The first-order valence-corrected chi connectivity index (χ1v) is 16.6. The topological polar surface area (TPSA) is 74.6 Å². The van der Waals surface area contributed by atoms with Gasteiger partial charge in [-0.15, -0.1) is 0 Å². The summed E-state index contributed by atoms with van der Waals surface area (Å²) in [7, 11) is 0. The lowest BCUT2D eigenvalue weighted by atomic mass is 9.78. The summed E-state index contributed by atoms with van der Waals surface area (Å²) < 4.78 is 69.0. The third kappa shape index (κ3) is 6.40. The van der Waals surface area contributed by atoms with Gasteiger partial charge in [0.2, 0.25) is 5.91 Å². The number of imidazole rings is 1. The smallest absolute Gasteiger partial charge is 0.381 e. The van der Waals surface area contributed by atoms with E-state index < -0.39 is 23.1 Å². The molecule has 9 nitrogen and oxygen atoms in total. The minimum Gasteiger partial charge on any atom is -0.381 e.